The fourth-order valence-electron chi connectivity index (χ4n) is 2.34. The van der Waals surface area contributed by atoms with Gasteiger partial charge >= 0.3 is 0 Å². The summed E-state index contributed by atoms with van der Waals surface area (Å²) in [5.41, 5.74) is 5.68. The van der Waals surface area contributed by atoms with Crippen molar-refractivity contribution in [3.8, 4) is 11.3 Å². The van der Waals surface area contributed by atoms with Crippen LogP contribution in [0.1, 0.15) is 16.7 Å². The maximum Gasteiger partial charge on any atom is 0.236 e. The number of hydrogen-bond donors (Lipinski definition) is 1. The van der Waals surface area contributed by atoms with Crippen molar-refractivity contribution < 1.29 is 4.79 Å². The number of nitrogens with zero attached hydrogens (tertiary/aromatic N) is 3. The quantitative estimate of drug-likeness (QED) is 0.537. The Labute approximate surface area is 155 Å². The molecule has 3 aromatic rings. The third kappa shape index (κ3) is 4.43. The highest BCUT2D eigenvalue weighted by Crippen LogP contribution is 2.29. The van der Waals surface area contributed by atoms with E-state index in [9.17, 15) is 4.79 Å². The molecule has 0 fully saturated rings. The zero-order valence-corrected chi connectivity index (χ0v) is 15.9. The van der Waals surface area contributed by atoms with E-state index in [4.69, 9.17) is 0 Å². The van der Waals surface area contributed by atoms with E-state index in [-0.39, 0.29) is 11.7 Å². The number of hydrogen-bond acceptors (Lipinski definition) is 6. The van der Waals surface area contributed by atoms with Crippen LogP contribution < -0.4 is 5.32 Å². The zero-order valence-electron chi connectivity index (χ0n) is 14.2. The van der Waals surface area contributed by atoms with E-state index in [0.717, 1.165) is 11.3 Å². The van der Waals surface area contributed by atoms with Gasteiger partial charge in [0.1, 0.15) is 0 Å². The smallest absolute Gasteiger partial charge is 0.236 e. The van der Waals surface area contributed by atoms with Gasteiger partial charge in [0.25, 0.3) is 0 Å². The highest BCUT2D eigenvalue weighted by atomic mass is 32.2. The van der Waals surface area contributed by atoms with Crippen LogP contribution in [-0.4, -0.2) is 26.6 Å². The first-order valence-electron chi connectivity index (χ1n) is 7.76. The standard InChI is InChI=1S/C18H18N4OS2/c1-11-7-13(3)14(8-12(11)2)15-9-24-18(21-15)22-16(23)10-25-17-19-5-4-6-20-17/h4-9H,10H2,1-3H3,(H,21,22,23). The van der Waals surface area contributed by atoms with Crippen molar-refractivity contribution >= 4 is 34.1 Å². The normalized spacial score (nSPS) is 10.7. The number of carbonyl (C=O) groups is 1. The molecule has 0 saturated heterocycles. The van der Waals surface area contributed by atoms with Gasteiger partial charge in [0.05, 0.1) is 11.4 Å². The number of thioether (sulfide) groups is 1. The molecular formula is C18H18N4OS2. The molecule has 25 heavy (non-hydrogen) atoms. The molecule has 3 rings (SSSR count). The van der Waals surface area contributed by atoms with Gasteiger partial charge in [-0.3, -0.25) is 4.79 Å². The van der Waals surface area contributed by atoms with Crippen LogP contribution in [0.4, 0.5) is 5.13 Å². The maximum absolute atomic E-state index is 12.1. The number of anilines is 1. The molecule has 7 heteroatoms. The summed E-state index contributed by atoms with van der Waals surface area (Å²) in [7, 11) is 0. The lowest BCUT2D eigenvalue weighted by Crippen LogP contribution is -2.14. The molecule has 2 aromatic heterocycles. The van der Waals surface area contributed by atoms with Crippen molar-refractivity contribution in [1.29, 1.82) is 0 Å². The molecule has 0 aliphatic heterocycles. The monoisotopic (exact) mass is 370 g/mol. The summed E-state index contributed by atoms with van der Waals surface area (Å²) < 4.78 is 0. The second-order valence-corrected chi connectivity index (χ2v) is 7.46. The van der Waals surface area contributed by atoms with E-state index in [0.29, 0.717) is 10.3 Å². The molecule has 0 aliphatic rings. The predicted octanol–water partition coefficient (Wildman–Crippen LogP) is 4.26. The van der Waals surface area contributed by atoms with Crippen LogP contribution in [-0.2, 0) is 4.79 Å². The first kappa shape index (κ1) is 17.6. The van der Waals surface area contributed by atoms with E-state index in [2.05, 4.69) is 53.2 Å². The molecule has 5 nitrogen and oxygen atoms in total. The Morgan fingerprint density at radius 1 is 1.12 bits per heavy atom. The average Bonchev–Trinajstić information content (AvgIpc) is 3.05. The summed E-state index contributed by atoms with van der Waals surface area (Å²) in [6, 6.07) is 6.06. The Kier molecular flexibility index (Phi) is 5.45. The van der Waals surface area contributed by atoms with Gasteiger partial charge in [-0.1, -0.05) is 17.8 Å². The molecule has 0 bridgehead atoms. The minimum Gasteiger partial charge on any atom is -0.301 e. The number of carbonyl (C=O) groups excluding carboxylic acids is 1. The van der Waals surface area contributed by atoms with Crippen LogP contribution >= 0.6 is 23.1 Å². The van der Waals surface area contributed by atoms with Gasteiger partial charge in [0, 0.05) is 23.3 Å². The summed E-state index contributed by atoms with van der Waals surface area (Å²) in [5.74, 6) is 0.136. The lowest BCUT2D eigenvalue weighted by Gasteiger charge is -2.07. The van der Waals surface area contributed by atoms with Gasteiger partial charge in [-0.25, -0.2) is 15.0 Å². The third-order valence-corrected chi connectivity index (χ3v) is 5.37. The number of benzene rings is 1. The Balaban J connectivity index is 1.65. The molecule has 0 aliphatic carbocycles. The topological polar surface area (TPSA) is 67.8 Å². The molecular weight excluding hydrogens is 352 g/mol. The molecule has 2 heterocycles. The highest BCUT2D eigenvalue weighted by Gasteiger charge is 2.11. The predicted molar refractivity (Wildman–Crippen MR) is 103 cm³/mol. The third-order valence-electron chi connectivity index (χ3n) is 3.74. The van der Waals surface area contributed by atoms with E-state index < -0.39 is 0 Å². The fourth-order valence-corrected chi connectivity index (χ4v) is 3.67. The van der Waals surface area contributed by atoms with Gasteiger partial charge in [-0.05, 0) is 49.6 Å². The number of thiazole rings is 1. The van der Waals surface area contributed by atoms with Crippen molar-refractivity contribution in [3.05, 3.63) is 52.7 Å². The molecule has 0 spiro atoms. The lowest BCUT2D eigenvalue weighted by atomic mass is 9.99. The van der Waals surface area contributed by atoms with Gasteiger partial charge in [0.2, 0.25) is 5.91 Å². The van der Waals surface area contributed by atoms with Crippen molar-refractivity contribution in [3.63, 3.8) is 0 Å². The first-order valence-corrected chi connectivity index (χ1v) is 9.63. The molecule has 0 saturated carbocycles. The number of aromatic nitrogens is 3. The second-order valence-electron chi connectivity index (χ2n) is 5.66. The van der Waals surface area contributed by atoms with Gasteiger partial charge in [-0.15, -0.1) is 11.3 Å². The van der Waals surface area contributed by atoms with Crippen LogP contribution in [0.3, 0.4) is 0 Å². The van der Waals surface area contributed by atoms with Crippen LogP contribution in [0.2, 0.25) is 0 Å². The minimum absolute atomic E-state index is 0.116. The Hall–Kier alpha value is -2.25. The molecule has 0 unspecified atom stereocenters. The molecule has 1 aromatic carbocycles. The van der Waals surface area contributed by atoms with E-state index in [1.54, 1.807) is 18.5 Å². The van der Waals surface area contributed by atoms with Crippen molar-refractivity contribution in [2.45, 2.75) is 25.9 Å². The van der Waals surface area contributed by atoms with Crippen LogP contribution in [0.25, 0.3) is 11.3 Å². The maximum atomic E-state index is 12.1. The lowest BCUT2D eigenvalue weighted by molar-refractivity contribution is -0.113. The molecule has 1 amide bonds. The SMILES string of the molecule is Cc1cc(C)c(-c2csc(NC(=O)CSc3ncccn3)n2)cc1C. The van der Waals surface area contributed by atoms with E-state index >= 15 is 0 Å². The van der Waals surface area contributed by atoms with Crippen LogP contribution in [0.5, 0.6) is 0 Å². The number of amides is 1. The summed E-state index contributed by atoms with van der Waals surface area (Å²) in [6.07, 6.45) is 3.32. The Morgan fingerprint density at radius 3 is 2.60 bits per heavy atom. The minimum atomic E-state index is -0.116. The largest absolute Gasteiger partial charge is 0.301 e. The van der Waals surface area contributed by atoms with Gasteiger partial charge in [-0.2, -0.15) is 0 Å². The average molecular weight is 371 g/mol. The highest BCUT2D eigenvalue weighted by molar-refractivity contribution is 7.99. The Bertz CT molecular complexity index is 893. The van der Waals surface area contributed by atoms with E-state index in [1.165, 1.54) is 39.8 Å². The van der Waals surface area contributed by atoms with E-state index in [1.807, 2.05) is 5.38 Å². The van der Waals surface area contributed by atoms with Gasteiger partial charge < -0.3 is 5.32 Å². The summed E-state index contributed by atoms with van der Waals surface area (Å²) in [6.45, 7) is 6.28. The molecule has 128 valence electrons. The summed E-state index contributed by atoms with van der Waals surface area (Å²) >= 11 is 2.73. The van der Waals surface area contributed by atoms with Crippen molar-refractivity contribution in [1.82, 2.24) is 15.0 Å². The van der Waals surface area contributed by atoms with Crippen LogP contribution in [0, 0.1) is 20.8 Å². The number of aryl methyl sites for hydroxylation is 3. The van der Waals surface area contributed by atoms with Crippen molar-refractivity contribution in [2.24, 2.45) is 0 Å². The number of rotatable bonds is 5. The molecule has 0 radical (unpaired) electrons. The zero-order chi connectivity index (χ0) is 17.8. The first-order chi connectivity index (χ1) is 12.0. The molecule has 0 atom stereocenters. The number of nitrogens with one attached hydrogen (secondary N) is 1. The summed E-state index contributed by atoms with van der Waals surface area (Å²) in [5, 5.41) is 6.00. The fraction of sp³-hybridized carbons (Fsp3) is 0.222. The molecule has 1 N–H and O–H groups in total. The summed E-state index contributed by atoms with van der Waals surface area (Å²) in [4.78, 5) is 24.8. The van der Waals surface area contributed by atoms with Crippen LogP contribution in [0.15, 0.2) is 41.1 Å². The Morgan fingerprint density at radius 2 is 1.84 bits per heavy atom. The van der Waals surface area contributed by atoms with Crippen molar-refractivity contribution in [2.75, 3.05) is 11.1 Å². The van der Waals surface area contributed by atoms with Gasteiger partial charge in [0.15, 0.2) is 10.3 Å². The second kappa shape index (κ2) is 7.76.